The molecule has 1 unspecified atom stereocenters. The van der Waals surface area contributed by atoms with Crippen molar-refractivity contribution in [2.45, 2.75) is 39.2 Å². The molecule has 1 atom stereocenters. The van der Waals surface area contributed by atoms with E-state index >= 15 is 0 Å². The molecule has 152 valence electrons. The van der Waals surface area contributed by atoms with Gasteiger partial charge in [0.2, 0.25) is 5.91 Å². The zero-order chi connectivity index (χ0) is 20.2. The number of rotatable bonds is 7. The Morgan fingerprint density at radius 2 is 1.96 bits per heavy atom. The van der Waals surface area contributed by atoms with E-state index in [0.717, 1.165) is 23.3 Å². The molecule has 1 aromatic carbocycles. The van der Waals surface area contributed by atoms with E-state index in [0.29, 0.717) is 25.9 Å². The number of methoxy groups -OCH3 is 1. The summed E-state index contributed by atoms with van der Waals surface area (Å²) in [5.74, 6) is 0.665. The minimum absolute atomic E-state index is 0.00257. The van der Waals surface area contributed by atoms with Gasteiger partial charge < -0.3 is 10.1 Å². The van der Waals surface area contributed by atoms with Gasteiger partial charge in [0.15, 0.2) is 0 Å². The number of nitrogens with zero attached hydrogens (tertiary/aromatic N) is 2. The lowest BCUT2D eigenvalue weighted by molar-refractivity contribution is -0.126. The Kier molecular flexibility index (Phi) is 7.25. The molecule has 0 aliphatic carbocycles. The number of hydrogen-bond donors (Lipinski definition) is 1. The third-order valence-corrected chi connectivity index (χ3v) is 7.10. The number of aryl methyl sites for hydroxylation is 1. The van der Waals surface area contributed by atoms with E-state index in [4.69, 9.17) is 4.74 Å². The number of piperidine rings is 1. The van der Waals surface area contributed by atoms with Crippen LogP contribution >= 0.6 is 0 Å². The van der Waals surface area contributed by atoms with Crippen LogP contribution in [-0.4, -0.2) is 57.2 Å². The van der Waals surface area contributed by atoms with Crippen molar-refractivity contribution in [3.05, 3.63) is 29.3 Å². The van der Waals surface area contributed by atoms with Crippen molar-refractivity contribution in [3.8, 4) is 5.75 Å². The lowest BCUT2D eigenvalue weighted by atomic mass is 9.95. The van der Waals surface area contributed by atoms with Crippen molar-refractivity contribution in [2.75, 3.05) is 34.3 Å². The summed E-state index contributed by atoms with van der Waals surface area (Å²) in [6.45, 7) is 4.77. The van der Waals surface area contributed by atoms with Crippen LogP contribution in [0.3, 0.4) is 0 Å². The fourth-order valence-corrected chi connectivity index (χ4v) is 4.54. The molecule has 0 aromatic heterocycles. The molecule has 0 bridgehead atoms. The highest BCUT2D eigenvalue weighted by molar-refractivity contribution is 7.86. The maximum atomic E-state index is 12.7. The van der Waals surface area contributed by atoms with Gasteiger partial charge >= 0.3 is 0 Å². The maximum Gasteiger partial charge on any atom is 0.281 e. The van der Waals surface area contributed by atoms with Crippen molar-refractivity contribution >= 4 is 16.1 Å². The lowest BCUT2D eigenvalue weighted by Crippen LogP contribution is -2.47. The normalized spacial score (nSPS) is 17.7. The van der Waals surface area contributed by atoms with Crippen LogP contribution < -0.4 is 10.1 Å². The van der Waals surface area contributed by atoms with E-state index in [2.05, 4.69) is 5.32 Å². The van der Waals surface area contributed by atoms with Gasteiger partial charge in [-0.25, -0.2) is 0 Å². The van der Waals surface area contributed by atoms with Gasteiger partial charge in [0.1, 0.15) is 5.75 Å². The number of hydrogen-bond acceptors (Lipinski definition) is 4. The summed E-state index contributed by atoms with van der Waals surface area (Å²) in [5, 5.41) is 3.14. The number of benzene rings is 1. The predicted molar refractivity (Wildman–Crippen MR) is 106 cm³/mol. The lowest BCUT2D eigenvalue weighted by Gasteiger charge is -2.32. The van der Waals surface area contributed by atoms with Gasteiger partial charge in [0, 0.05) is 33.1 Å². The fraction of sp³-hybridized carbons (Fsp3) is 0.632. The molecule has 1 aromatic rings. The molecule has 1 aliphatic rings. The second kappa shape index (κ2) is 9.03. The van der Waals surface area contributed by atoms with Gasteiger partial charge in [-0.15, -0.1) is 0 Å². The summed E-state index contributed by atoms with van der Waals surface area (Å²) in [5.41, 5.74) is 2.08. The summed E-state index contributed by atoms with van der Waals surface area (Å²) < 4.78 is 32.4. The molecule has 1 aliphatic heterocycles. The van der Waals surface area contributed by atoms with Crippen LogP contribution in [0, 0.1) is 12.8 Å². The molecule has 1 saturated heterocycles. The molecule has 1 amide bonds. The van der Waals surface area contributed by atoms with Crippen molar-refractivity contribution < 1.29 is 17.9 Å². The van der Waals surface area contributed by atoms with Crippen LogP contribution in [0.25, 0.3) is 0 Å². The molecular formula is C19H31N3O4S. The minimum atomic E-state index is -3.41. The molecule has 7 nitrogen and oxygen atoms in total. The van der Waals surface area contributed by atoms with Crippen molar-refractivity contribution in [3.63, 3.8) is 0 Å². The van der Waals surface area contributed by atoms with E-state index in [9.17, 15) is 13.2 Å². The molecule has 2 rings (SSSR count). The standard InChI is InChI=1S/C19H31N3O4S/c1-6-17(16-7-8-18(26-5)14(2)13-16)20-19(23)15-9-11-22(12-10-15)27(24,25)21(3)4/h7-8,13,15,17H,6,9-12H2,1-5H3,(H,20,23). The topological polar surface area (TPSA) is 79.0 Å². The molecule has 1 fully saturated rings. The smallest absolute Gasteiger partial charge is 0.281 e. The molecule has 8 heteroatoms. The minimum Gasteiger partial charge on any atom is -0.496 e. The number of carbonyl (C=O) groups is 1. The first kappa shape index (κ1) is 21.7. The number of amides is 1. The van der Waals surface area contributed by atoms with Gasteiger partial charge in [0.05, 0.1) is 13.2 Å². The van der Waals surface area contributed by atoms with Crippen LogP contribution in [-0.2, 0) is 15.0 Å². The van der Waals surface area contributed by atoms with Gasteiger partial charge in [0.25, 0.3) is 10.2 Å². The summed E-state index contributed by atoms with van der Waals surface area (Å²) >= 11 is 0. The molecule has 0 spiro atoms. The Hall–Kier alpha value is -1.64. The van der Waals surface area contributed by atoms with Crippen molar-refractivity contribution in [1.82, 2.24) is 13.9 Å². The predicted octanol–water partition coefficient (Wildman–Crippen LogP) is 2.09. The summed E-state index contributed by atoms with van der Waals surface area (Å²) in [6, 6.07) is 5.88. The first-order valence-corrected chi connectivity index (χ1v) is 10.7. The quantitative estimate of drug-likeness (QED) is 0.764. The van der Waals surface area contributed by atoms with Crippen LogP contribution in [0.1, 0.15) is 43.4 Å². The van der Waals surface area contributed by atoms with E-state index in [1.54, 1.807) is 7.11 Å². The summed E-state index contributed by atoms with van der Waals surface area (Å²) in [6.07, 6.45) is 1.86. The number of ether oxygens (including phenoxy) is 1. The third-order valence-electron chi connectivity index (χ3n) is 5.16. The monoisotopic (exact) mass is 397 g/mol. The van der Waals surface area contributed by atoms with E-state index in [1.165, 1.54) is 22.7 Å². The zero-order valence-corrected chi connectivity index (χ0v) is 17.7. The van der Waals surface area contributed by atoms with Crippen molar-refractivity contribution in [2.24, 2.45) is 5.92 Å². The highest BCUT2D eigenvalue weighted by Gasteiger charge is 2.32. The van der Waals surface area contributed by atoms with Crippen LogP contribution in [0.15, 0.2) is 18.2 Å². The molecule has 27 heavy (non-hydrogen) atoms. The van der Waals surface area contributed by atoms with Gasteiger partial charge in [-0.05, 0) is 43.4 Å². The van der Waals surface area contributed by atoms with E-state index in [1.807, 2.05) is 32.0 Å². The number of nitrogens with one attached hydrogen (secondary N) is 1. The molecule has 0 radical (unpaired) electrons. The Labute approximate surface area is 162 Å². The fourth-order valence-electron chi connectivity index (χ4n) is 3.41. The van der Waals surface area contributed by atoms with E-state index in [-0.39, 0.29) is 17.9 Å². The largest absolute Gasteiger partial charge is 0.496 e. The molecule has 1 N–H and O–H groups in total. The zero-order valence-electron chi connectivity index (χ0n) is 16.9. The Balaban J connectivity index is 1.99. The van der Waals surface area contributed by atoms with Crippen LogP contribution in [0.4, 0.5) is 0 Å². The maximum absolute atomic E-state index is 12.7. The second-order valence-electron chi connectivity index (χ2n) is 7.16. The van der Waals surface area contributed by atoms with Crippen LogP contribution in [0.5, 0.6) is 5.75 Å². The molecule has 1 heterocycles. The summed E-state index contributed by atoms with van der Waals surface area (Å²) in [7, 11) is 1.28. The Morgan fingerprint density at radius 1 is 1.33 bits per heavy atom. The average molecular weight is 398 g/mol. The van der Waals surface area contributed by atoms with Crippen molar-refractivity contribution in [1.29, 1.82) is 0 Å². The Morgan fingerprint density at radius 3 is 2.44 bits per heavy atom. The van der Waals surface area contributed by atoms with Gasteiger partial charge in [-0.1, -0.05) is 19.1 Å². The highest BCUT2D eigenvalue weighted by Crippen LogP contribution is 2.26. The SMILES string of the molecule is CCC(NC(=O)C1CCN(S(=O)(=O)N(C)C)CC1)c1ccc(OC)c(C)c1. The first-order chi connectivity index (χ1) is 12.7. The summed E-state index contributed by atoms with van der Waals surface area (Å²) in [4.78, 5) is 12.7. The third kappa shape index (κ3) is 5.00. The first-order valence-electron chi connectivity index (χ1n) is 9.33. The average Bonchev–Trinajstić information content (AvgIpc) is 2.65. The molecule has 0 saturated carbocycles. The number of carbonyl (C=O) groups excluding carboxylic acids is 1. The second-order valence-corrected chi connectivity index (χ2v) is 9.30. The van der Waals surface area contributed by atoms with Crippen LogP contribution in [0.2, 0.25) is 0 Å². The van der Waals surface area contributed by atoms with Gasteiger partial charge in [-0.3, -0.25) is 4.79 Å². The Bertz CT molecular complexity index is 756. The van der Waals surface area contributed by atoms with Gasteiger partial charge in [-0.2, -0.15) is 17.0 Å². The molecular weight excluding hydrogens is 366 g/mol. The highest BCUT2D eigenvalue weighted by atomic mass is 32.2. The van der Waals surface area contributed by atoms with E-state index < -0.39 is 10.2 Å².